The van der Waals surface area contributed by atoms with Gasteiger partial charge in [-0.05, 0) is 58.1 Å². The molecule has 40 heavy (non-hydrogen) atoms. The van der Waals surface area contributed by atoms with Crippen LogP contribution in [-0.2, 0) is 23.4 Å². The van der Waals surface area contributed by atoms with Crippen LogP contribution >= 0.6 is 7.75 Å². The zero-order valence-corrected chi connectivity index (χ0v) is 23.4. The molecule has 13 nitrogen and oxygen atoms in total. The SMILES string of the molecule is C[C@H](NP(=O)(OC[C@H]1O[C@@](C)(C2CC=C3C(N)=NC=NN32)[C@H](O)[C@@H]1O)Oc1ccccc1)C(=O)OC1CCCC1. The van der Waals surface area contributed by atoms with E-state index in [-0.39, 0.29) is 11.9 Å². The Bertz CT molecular complexity index is 1220. The van der Waals surface area contributed by atoms with Crippen LogP contribution in [0.2, 0.25) is 0 Å². The molecule has 0 bridgehead atoms. The van der Waals surface area contributed by atoms with Gasteiger partial charge in [0, 0.05) is 0 Å². The van der Waals surface area contributed by atoms with Crippen molar-refractivity contribution in [1.82, 2.24) is 10.1 Å². The van der Waals surface area contributed by atoms with E-state index in [1.165, 1.54) is 13.3 Å². The third kappa shape index (κ3) is 5.81. The van der Waals surface area contributed by atoms with E-state index < -0.39 is 56.3 Å². The molecule has 5 rings (SSSR count). The normalized spacial score (nSPS) is 32.2. The van der Waals surface area contributed by atoms with Crippen molar-refractivity contribution in [2.24, 2.45) is 15.8 Å². The summed E-state index contributed by atoms with van der Waals surface area (Å²) in [5, 5.41) is 30.5. The average molecular weight is 578 g/mol. The molecule has 1 aromatic carbocycles. The number of rotatable bonds is 10. The van der Waals surface area contributed by atoms with Crippen molar-refractivity contribution >= 4 is 25.9 Å². The quantitative estimate of drug-likeness (QED) is 0.235. The number of aliphatic hydroxyl groups is 2. The van der Waals surface area contributed by atoms with Crippen LogP contribution in [0.25, 0.3) is 0 Å². The van der Waals surface area contributed by atoms with Crippen LogP contribution in [0.5, 0.6) is 5.75 Å². The third-order valence-electron chi connectivity index (χ3n) is 7.74. The lowest BCUT2D eigenvalue weighted by molar-refractivity contribution is -0.150. The number of nitrogens with two attached hydrogens (primary N) is 1. The number of benzene rings is 1. The summed E-state index contributed by atoms with van der Waals surface area (Å²) in [5.74, 6) is -0.0270. The number of fused-ring (bicyclic) bond motifs is 1. The smallest absolute Gasteiger partial charge is 0.459 e. The van der Waals surface area contributed by atoms with Crippen LogP contribution in [0.1, 0.15) is 46.0 Å². The third-order valence-corrected chi connectivity index (χ3v) is 9.38. The van der Waals surface area contributed by atoms with Crippen LogP contribution in [0.3, 0.4) is 0 Å². The maximum Gasteiger partial charge on any atom is 0.459 e. The fraction of sp³-hybridized carbons (Fsp3) is 0.577. The Hall–Kier alpha value is -2.80. The molecule has 1 saturated carbocycles. The highest BCUT2D eigenvalue weighted by Crippen LogP contribution is 2.47. The largest absolute Gasteiger partial charge is 0.461 e. The number of para-hydroxylation sites is 1. The number of ether oxygens (including phenoxy) is 2. The molecule has 0 amide bonds. The first-order valence-electron chi connectivity index (χ1n) is 13.5. The summed E-state index contributed by atoms with van der Waals surface area (Å²) < 4.78 is 37.0. The molecule has 14 heteroatoms. The van der Waals surface area contributed by atoms with Crippen molar-refractivity contribution < 1.29 is 38.1 Å². The van der Waals surface area contributed by atoms with E-state index in [2.05, 4.69) is 15.2 Å². The van der Waals surface area contributed by atoms with Crippen molar-refractivity contribution in [3.63, 3.8) is 0 Å². The number of hydrogen-bond acceptors (Lipinski definition) is 12. The van der Waals surface area contributed by atoms with Crippen molar-refractivity contribution in [2.75, 3.05) is 6.61 Å². The fourth-order valence-corrected chi connectivity index (χ4v) is 7.00. The van der Waals surface area contributed by atoms with E-state index in [1.807, 2.05) is 6.08 Å². The molecule has 218 valence electrons. The molecule has 1 aromatic rings. The number of carbonyl (C=O) groups excluding carboxylic acids is 1. The maximum absolute atomic E-state index is 13.9. The fourth-order valence-electron chi connectivity index (χ4n) is 5.50. The van der Waals surface area contributed by atoms with Gasteiger partial charge in [0.2, 0.25) is 0 Å². The molecular formula is C26H36N5O8P. The summed E-state index contributed by atoms with van der Waals surface area (Å²) in [5.41, 5.74) is 5.29. The summed E-state index contributed by atoms with van der Waals surface area (Å²) >= 11 is 0. The lowest BCUT2D eigenvalue weighted by Crippen LogP contribution is -2.55. The maximum atomic E-state index is 13.9. The van der Waals surface area contributed by atoms with Gasteiger partial charge in [0.05, 0.1) is 18.3 Å². The first-order chi connectivity index (χ1) is 19.1. The number of nitrogens with one attached hydrogen (secondary N) is 1. The van der Waals surface area contributed by atoms with Crippen LogP contribution in [0.15, 0.2) is 52.2 Å². The van der Waals surface area contributed by atoms with Gasteiger partial charge in [0.25, 0.3) is 0 Å². The second-order valence-electron chi connectivity index (χ2n) is 10.6. The minimum Gasteiger partial charge on any atom is -0.461 e. The summed E-state index contributed by atoms with van der Waals surface area (Å²) in [6.45, 7) is 2.77. The Balaban J connectivity index is 1.27. The van der Waals surface area contributed by atoms with E-state index >= 15 is 0 Å². The van der Waals surface area contributed by atoms with Crippen molar-refractivity contribution in [1.29, 1.82) is 0 Å². The van der Waals surface area contributed by atoms with Crippen LogP contribution in [0, 0.1) is 0 Å². The Kier molecular flexibility index (Phi) is 8.32. The molecule has 3 aliphatic heterocycles. The van der Waals surface area contributed by atoms with Gasteiger partial charge in [0.15, 0.2) is 5.84 Å². The molecule has 1 aliphatic carbocycles. The Morgan fingerprint density at radius 1 is 1.30 bits per heavy atom. The number of amidine groups is 1. The predicted octanol–water partition coefficient (Wildman–Crippen LogP) is 1.81. The second kappa shape index (κ2) is 11.6. The summed E-state index contributed by atoms with van der Waals surface area (Å²) in [6, 6.07) is 6.87. The molecule has 5 N–H and O–H groups in total. The first-order valence-corrected chi connectivity index (χ1v) is 15.0. The average Bonchev–Trinajstić information content (AvgIpc) is 3.65. The summed E-state index contributed by atoms with van der Waals surface area (Å²) in [4.78, 5) is 16.7. The molecule has 3 heterocycles. The molecule has 1 saturated heterocycles. The second-order valence-corrected chi connectivity index (χ2v) is 12.3. The molecule has 0 spiro atoms. The van der Waals surface area contributed by atoms with Crippen molar-refractivity contribution in [3.05, 3.63) is 42.1 Å². The predicted molar refractivity (Wildman–Crippen MR) is 145 cm³/mol. The zero-order chi connectivity index (χ0) is 28.5. The highest BCUT2D eigenvalue weighted by atomic mass is 31.2. The van der Waals surface area contributed by atoms with E-state index in [9.17, 15) is 19.6 Å². The summed E-state index contributed by atoms with van der Waals surface area (Å²) in [6.07, 6.45) is 3.26. The number of carbonyl (C=O) groups is 1. The number of hydrogen-bond donors (Lipinski definition) is 4. The number of esters is 1. The lowest BCUT2D eigenvalue weighted by atomic mass is 9.87. The van der Waals surface area contributed by atoms with Crippen molar-refractivity contribution in [3.8, 4) is 5.75 Å². The highest BCUT2D eigenvalue weighted by molar-refractivity contribution is 7.52. The van der Waals surface area contributed by atoms with Gasteiger partial charge in [-0.25, -0.2) is 9.56 Å². The number of nitrogens with zero attached hydrogens (tertiary/aromatic N) is 3. The highest BCUT2D eigenvalue weighted by Gasteiger charge is 2.58. The minimum absolute atomic E-state index is 0.162. The zero-order valence-electron chi connectivity index (χ0n) is 22.5. The van der Waals surface area contributed by atoms with Crippen LogP contribution < -0.4 is 15.3 Å². The summed E-state index contributed by atoms with van der Waals surface area (Å²) in [7, 11) is -4.19. The number of aliphatic imine (C=N–C) groups is 1. The van der Waals surface area contributed by atoms with E-state index in [4.69, 9.17) is 24.3 Å². The molecule has 4 aliphatic rings. The Morgan fingerprint density at radius 2 is 2.02 bits per heavy atom. The van der Waals surface area contributed by atoms with Gasteiger partial charge in [-0.2, -0.15) is 10.2 Å². The lowest BCUT2D eigenvalue weighted by Gasteiger charge is -2.39. The number of hydrazone groups is 1. The van der Waals surface area contributed by atoms with E-state index in [0.29, 0.717) is 18.0 Å². The van der Waals surface area contributed by atoms with Crippen LogP contribution in [-0.4, -0.2) is 82.1 Å². The first kappa shape index (κ1) is 28.7. The minimum atomic E-state index is -4.19. The van der Waals surface area contributed by atoms with Gasteiger partial charge >= 0.3 is 13.7 Å². The standard InChI is InChI=1S/C26H36N5O8P/c1-16(25(34)37-17-8-6-7-9-17)30-40(35,39-18-10-4-3-5-11-18)36-14-20-22(32)23(33)26(2,38-20)21-13-12-19-24(27)28-15-29-31(19)21/h3-5,10-12,15-17,20-23,32-33H,6-9,13-14H2,1-2H3,(H,30,35)(H2,27,28,29)/t16-,20+,21?,22+,23+,26-,40?/m0/s1. The Morgan fingerprint density at radius 3 is 2.75 bits per heavy atom. The molecule has 0 radical (unpaired) electrons. The van der Waals surface area contributed by atoms with E-state index in [1.54, 1.807) is 42.3 Å². The van der Waals surface area contributed by atoms with E-state index in [0.717, 1.165) is 25.7 Å². The molecule has 2 unspecified atom stereocenters. The van der Waals surface area contributed by atoms with Gasteiger partial charge in [-0.1, -0.05) is 24.3 Å². The molecular weight excluding hydrogens is 541 g/mol. The van der Waals surface area contributed by atoms with Gasteiger partial charge in [0.1, 0.15) is 48.1 Å². The molecule has 2 fully saturated rings. The topological polar surface area (TPSA) is 178 Å². The molecule has 0 aromatic heterocycles. The van der Waals surface area contributed by atoms with Crippen LogP contribution in [0.4, 0.5) is 0 Å². The monoisotopic (exact) mass is 577 g/mol. The number of aliphatic hydroxyl groups excluding tert-OH is 2. The van der Waals surface area contributed by atoms with Gasteiger partial charge in [-0.3, -0.25) is 14.3 Å². The molecule has 7 atom stereocenters. The van der Waals surface area contributed by atoms with Gasteiger partial charge in [-0.15, -0.1) is 0 Å². The van der Waals surface area contributed by atoms with Gasteiger partial charge < -0.3 is 29.9 Å². The Labute approximate surface area is 232 Å². The van der Waals surface area contributed by atoms with Crippen molar-refractivity contribution in [2.45, 2.75) is 88.1 Å².